The van der Waals surface area contributed by atoms with Gasteiger partial charge in [-0.3, -0.25) is 4.79 Å². The van der Waals surface area contributed by atoms with Gasteiger partial charge in [-0.2, -0.15) is 0 Å². The summed E-state index contributed by atoms with van der Waals surface area (Å²) < 4.78 is 5.07. The minimum Gasteiger partial charge on any atom is -0.479 e. The first-order valence-corrected chi connectivity index (χ1v) is 5.91. The van der Waals surface area contributed by atoms with Gasteiger partial charge in [0, 0.05) is 12.2 Å². The number of aryl methyl sites for hydroxylation is 1. The number of carboxylic acids is 1. The van der Waals surface area contributed by atoms with Crippen LogP contribution in [0.2, 0.25) is 0 Å². The van der Waals surface area contributed by atoms with Crippen molar-refractivity contribution < 1.29 is 24.5 Å². The van der Waals surface area contributed by atoms with Gasteiger partial charge in [0.2, 0.25) is 0 Å². The average Bonchev–Trinajstić information content (AvgIpc) is 2.39. The van der Waals surface area contributed by atoms with E-state index in [4.69, 9.17) is 9.84 Å². The van der Waals surface area contributed by atoms with Gasteiger partial charge in [-0.05, 0) is 19.1 Å². The quantitative estimate of drug-likeness (QED) is 0.813. The van der Waals surface area contributed by atoms with E-state index in [1.54, 1.807) is 12.1 Å². The molecule has 102 valence electrons. The number of benzene rings is 1. The van der Waals surface area contributed by atoms with Crippen LogP contribution >= 0.6 is 0 Å². The Bertz CT molecular complexity index is 484. The molecule has 1 aliphatic heterocycles. The molecule has 19 heavy (non-hydrogen) atoms. The number of carbonyl (C=O) groups is 2. The Morgan fingerprint density at radius 3 is 2.63 bits per heavy atom. The van der Waals surface area contributed by atoms with Crippen LogP contribution in [0.25, 0.3) is 0 Å². The fourth-order valence-electron chi connectivity index (χ4n) is 1.94. The first kappa shape index (κ1) is 13.5. The number of amides is 1. The van der Waals surface area contributed by atoms with Crippen molar-refractivity contribution in [2.75, 3.05) is 18.1 Å². The Labute approximate surface area is 110 Å². The molecule has 1 amide bonds. The fourth-order valence-corrected chi connectivity index (χ4v) is 1.94. The fraction of sp³-hybridized carbons (Fsp3) is 0.385. The molecule has 6 nitrogen and oxygen atoms in total. The van der Waals surface area contributed by atoms with Crippen LogP contribution in [-0.4, -0.2) is 47.4 Å². The van der Waals surface area contributed by atoms with E-state index in [1.807, 2.05) is 19.1 Å². The highest BCUT2D eigenvalue weighted by atomic mass is 16.5. The maximum absolute atomic E-state index is 12.1. The van der Waals surface area contributed by atoms with E-state index in [0.717, 1.165) is 5.56 Å². The van der Waals surface area contributed by atoms with Crippen molar-refractivity contribution in [1.29, 1.82) is 0 Å². The lowest BCUT2D eigenvalue weighted by Gasteiger charge is -2.33. The largest absolute Gasteiger partial charge is 0.479 e. The third-order valence-electron chi connectivity index (χ3n) is 3.01. The number of anilines is 1. The van der Waals surface area contributed by atoms with Crippen LogP contribution in [0.4, 0.5) is 5.69 Å². The second-order valence-corrected chi connectivity index (χ2v) is 4.40. The highest BCUT2D eigenvalue weighted by Gasteiger charge is 2.39. The van der Waals surface area contributed by atoms with Crippen molar-refractivity contribution >= 4 is 17.6 Å². The van der Waals surface area contributed by atoms with Crippen LogP contribution in [0.3, 0.4) is 0 Å². The number of aliphatic hydroxyl groups excluding tert-OH is 1. The zero-order valence-electron chi connectivity index (χ0n) is 10.4. The highest BCUT2D eigenvalue weighted by molar-refractivity contribution is 6.00. The Morgan fingerprint density at radius 1 is 1.42 bits per heavy atom. The normalized spacial score (nSPS) is 21.3. The maximum atomic E-state index is 12.1. The standard InChI is InChI=1S/C13H15NO5/c1-8-2-4-9(5-3-8)14-6-7-19-11(12(14)16)10(15)13(17)18/h2-5,10-11,15H,6-7H2,1H3,(H,17,18)/t10-,11?/m1/s1. The molecule has 2 N–H and O–H groups in total. The average molecular weight is 265 g/mol. The molecule has 1 aromatic rings. The summed E-state index contributed by atoms with van der Waals surface area (Å²) in [5.74, 6) is -2.01. The van der Waals surface area contributed by atoms with E-state index in [9.17, 15) is 14.7 Å². The zero-order chi connectivity index (χ0) is 14.0. The molecule has 0 aliphatic carbocycles. The van der Waals surface area contributed by atoms with Crippen molar-refractivity contribution in [3.05, 3.63) is 29.8 Å². The molecular weight excluding hydrogens is 250 g/mol. The SMILES string of the molecule is Cc1ccc(N2CCOC([C@@H](O)C(=O)O)C2=O)cc1. The molecule has 1 heterocycles. The van der Waals surface area contributed by atoms with Gasteiger partial charge in [-0.1, -0.05) is 17.7 Å². The minimum absolute atomic E-state index is 0.189. The monoisotopic (exact) mass is 265 g/mol. The smallest absolute Gasteiger partial charge is 0.335 e. The first-order chi connectivity index (χ1) is 9.00. The van der Waals surface area contributed by atoms with Crippen LogP contribution in [0.5, 0.6) is 0 Å². The maximum Gasteiger partial charge on any atom is 0.335 e. The Balaban J connectivity index is 2.20. The van der Waals surface area contributed by atoms with Gasteiger partial charge in [-0.15, -0.1) is 0 Å². The zero-order valence-corrected chi connectivity index (χ0v) is 10.4. The molecule has 2 atom stereocenters. The number of hydrogen-bond acceptors (Lipinski definition) is 4. The predicted octanol–water partition coefficient (Wildman–Crippen LogP) is 0.172. The number of aliphatic carboxylic acids is 1. The van der Waals surface area contributed by atoms with Gasteiger partial charge in [0.25, 0.3) is 5.91 Å². The number of nitrogens with zero attached hydrogens (tertiary/aromatic N) is 1. The summed E-state index contributed by atoms with van der Waals surface area (Å²) in [6.45, 7) is 2.46. The van der Waals surface area contributed by atoms with Gasteiger partial charge in [0.05, 0.1) is 6.61 Å². The summed E-state index contributed by atoms with van der Waals surface area (Å²) in [5, 5.41) is 18.2. The number of rotatable bonds is 3. The minimum atomic E-state index is -1.85. The van der Waals surface area contributed by atoms with Gasteiger partial charge in [0.1, 0.15) is 0 Å². The molecule has 0 bridgehead atoms. The third kappa shape index (κ3) is 2.74. The molecule has 1 aliphatic rings. The number of ether oxygens (including phenoxy) is 1. The highest BCUT2D eigenvalue weighted by Crippen LogP contribution is 2.20. The van der Waals surface area contributed by atoms with Gasteiger partial charge in [-0.25, -0.2) is 4.79 Å². The molecule has 2 rings (SSSR count). The second kappa shape index (κ2) is 5.38. The molecule has 0 aromatic heterocycles. The van der Waals surface area contributed by atoms with E-state index < -0.39 is 24.1 Å². The molecule has 1 saturated heterocycles. The number of carboxylic acid groups (broad SMARTS) is 1. The molecular formula is C13H15NO5. The van der Waals surface area contributed by atoms with E-state index in [2.05, 4.69) is 0 Å². The van der Waals surface area contributed by atoms with E-state index >= 15 is 0 Å². The Hall–Kier alpha value is -1.92. The van der Waals surface area contributed by atoms with E-state index in [0.29, 0.717) is 12.2 Å². The number of hydrogen-bond donors (Lipinski definition) is 2. The Kier molecular flexibility index (Phi) is 3.82. The predicted molar refractivity (Wildman–Crippen MR) is 66.9 cm³/mol. The summed E-state index contributed by atoms with van der Waals surface area (Å²) in [6, 6.07) is 7.28. The van der Waals surface area contributed by atoms with Gasteiger partial charge in [0.15, 0.2) is 12.2 Å². The van der Waals surface area contributed by atoms with Crippen molar-refractivity contribution in [2.24, 2.45) is 0 Å². The summed E-state index contributed by atoms with van der Waals surface area (Å²) in [5.41, 5.74) is 1.73. The van der Waals surface area contributed by atoms with Gasteiger partial charge < -0.3 is 19.8 Å². The molecule has 0 spiro atoms. The third-order valence-corrected chi connectivity index (χ3v) is 3.01. The summed E-state index contributed by atoms with van der Waals surface area (Å²) in [7, 11) is 0. The molecule has 6 heteroatoms. The van der Waals surface area contributed by atoms with Crippen LogP contribution in [-0.2, 0) is 14.3 Å². The van der Waals surface area contributed by atoms with Crippen LogP contribution < -0.4 is 4.90 Å². The molecule has 1 unspecified atom stereocenters. The number of morpholine rings is 1. The Morgan fingerprint density at radius 2 is 2.05 bits per heavy atom. The molecule has 1 fully saturated rings. The second-order valence-electron chi connectivity index (χ2n) is 4.40. The van der Waals surface area contributed by atoms with Crippen LogP contribution in [0.1, 0.15) is 5.56 Å². The lowest BCUT2D eigenvalue weighted by Crippen LogP contribution is -2.54. The topological polar surface area (TPSA) is 87.1 Å². The number of aliphatic hydroxyl groups is 1. The summed E-state index contributed by atoms with van der Waals surface area (Å²) in [6.07, 6.45) is -3.20. The van der Waals surface area contributed by atoms with Crippen LogP contribution in [0.15, 0.2) is 24.3 Å². The van der Waals surface area contributed by atoms with Gasteiger partial charge >= 0.3 is 5.97 Å². The van der Waals surface area contributed by atoms with Crippen LogP contribution in [0, 0.1) is 6.92 Å². The number of carbonyl (C=O) groups excluding carboxylic acids is 1. The van der Waals surface area contributed by atoms with Crippen molar-refractivity contribution in [3.63, 3.8) is 0 Å². The lowest BCUT2D eigenvalue weighted by atomic mass is 10.1. The van der Waals surface area contributed by atoms with Crippen molar-refractivity contribution in [3.8, 4) is 0 Å². The van der Waals surface area contributed by atoms with E-state index in [-0.39, 0.29) is 6.61 Å². The molecule has 0 saturated carbocycles. The summed E-state index contributed by atoms with van der Waals surface area (Å²) in [4.78, 5) is 24.3. The molecule has 1 aromatic carbocycles. The molecule has 0 radical (unpaired) electrons. The lowest BCUT2D eigenvalue weighted by molar-refractivity contribution is -0.163. The summed E-state index contributed by atoms with van der Waals surface area (Å²) >= 11 is 0. The van der Waals surface area contributed by atoms with E-state index in [1.165, 1.54) is 4.90 Å². The first-order valence-electron chi connectivity index (χ1n) is 5.91. The van der Waals surface area contributed by atoms with Crippen molar-refractivity contribution in [2.45, 2.75) is 19.1 Å². The van der Waals surface area contributed by atoms with Crippen molar-refractivity contribution in [1.82, 2.24) is 0 Å².